The number of hydrogen-bond donors (Lipinski definition) is 2. The molecule has 1 fully saturated rings. The SMILES string of the molecule is O=C(O)c1ccc(Oc2ccccc2)cc1NC(=O)C1CC1. The van der Waals surface area contributed by atoms with E-state index in [-0.39, 0.29) is 23.1 Å². The number of carbonyl (C=O) groups excluding carboxylic acids is 1. The Bertz CT molecular complexity index is 708. The van der Waals surface area contributed by atoms with E-state index in [9.17, 15) is 14.7 Å². The minimum absolute atomic E-state index is 0.000317. The Morgan fingerprint density at radius 1 is 1.05 bits per heavy atom. The third-order valence-electron chi connectivity index (χ3n) is 3.41. The molecule has 2 aromatic carbocycles. The Morgan fingerprint density at radius 2 is 1.77 bits per heavy atom. The second-order valence-corrected chi connectivity index (χ2v) is 5.19. The van der Waals surface area contributed by atoms with Gasteiger partial charge in [0.15, 0.2) is 0 Å². The first-order valence-electron chi connectivity index (χ1n) is 7.04. The molecule has 2 N–H and O–H groups in total. The maximum Gasteiger partial charge on any atom is 0.337 e. The van der Waals surface area contributed by atoms with Crippen LogP contribution in [0, 0.1) is 5.92 Å². The number of benzene rings is 2. The number of para-hydroxylation sites is 1. The number of aromatic carboxylic acids is 1. The van der Waals surface area contributed by atoms with Crippen molar-refractivity contribution in [3.8, 4) is 11.5 Å². The normalized spacial score (nSPS) is 13.5. The van der Waals surface area contributed by atoms with Crippen molar-refractivity contribution in [2.45, 2.75) is 12.8 Å². The molecule has 1 aliphatic rings. The predicted octanol–water partition coefficient (Wildman–Crippen LogP) is 3.53. The van der Waals surface area contributed by atoms with Crippen molar-refractivity contribution in [3.05, 3.63) is 54.1 Å². The maximum atomic E-state index is 11.9. The number of anilines is 1. The van der Waals surface area contributed by atoms with Gasteiger partial charge in [-0.3, -0.25) is 4.79 Å². The fraction of sp³-hybridized carbons (Fsp3) is 0.176. The Morgan fingerprint density at radius 3 is 2.41 bits per heavy atom. The third-order valence-corrected chi connectivity index (χ3v) is 3.41. The molecule has 1 amide bonds. The van der Waals surface area contributed by atoms with Crippen LogP contribution in [0.3, 0.4) is 0 Å². The highest BCUT2D eigenvalue weighted by atomic mass is 16.5. The number of rotatable bonds is 5. The molecule has 5 heteroatoms. The summed E-state index contributed by atoms with van der Waals surface area (Å²) in [4.78, 5) is 23.1. The summed E-state index contributed by atoms with van der Waals surface area (Å²) >= 11 is 0. The average Bonchev–Trinajstić information content (AvgIpc) is 3.33. The molecule has 112 valence electrons. The van der Waals surface area contributed by atoms with Gasteiger partial charge in [-0.25, -0.2) is 4.79 Å². The number of nitrogens with one attached hydrogen (secondary N) is 1. The topological polar surface area (TPSA) is 75.6 Å². The van der Waals surface area contributed by atoms with Crippen LogP contribution in [0.1, 0.15) is 23.2 Å². The number of hydrogen-bond acceptors (Lipinski definition) is 3. The Balaban J connectivity index is 1.85. The number of carbonyl (C=O) groups is 2. The van der Waals surface area contributed by atoms with Gasteiger partial charge in [-0.05, 0) is 37.1 Å². The van der Waals surface area contributed by atoms with E-state index in [2.05, 4.69) is 5.32 Å². The molecule has 5 nitrogen and oxygen atoms in total. The van der Waals surface area contributed by atoms with Crippen molar-refractivity contribution in [1.29, 1.82) is 0 Å². The minimum atomic E-state index is -1.09. The lowest BCUT2D eigenvalue weighted by Gasteiger charge is -2.11. The van der Waals surface area contributed by atoms with E-state index in [1.54, 1.807) is 18.2 Å². The van der Waals surface area contributed by atoms with Crippen LogP contribution < -0.4 is 10.1 Å². The van der Waals surface area contributed by atoms with Crippen LogP contribution in [-0.4, -0.2) is 17.0 Å². The van der Waals surface area contributed by atoms with Gasteiger partial charge >= 0.3 is 5.97 Å². The molecule has 0 spiro atoms. The van der Waals surface area contributed by atoms with Gasteiger partial charge < -0.3 is 15.2 Å². The van der Waals surface area contributed by atoms with Gasteiger partial charge in [-0.1, -0.05) is 18.2 Å². The smallest absolute Gasteiger partial charge is 0.337 e. The summed E-state index contributed by atoms with van der Waals surface area (Å²) in [7, 11) is 0. The van der Waals surface area contributed by atoms with Gasteiger partial charge in [-0.2, -0.15) is 0 Å². The van der Waals surface area contributed by atoms with E-state index in [0.717, 1.165) is 12.8 Å². The van der Waals surface area contributed by atoms with Crippen LogP contribution in [0.4, 0.5) is 5.69 Å². The summed E-state index contributed by atoms with van der Waals surface area (Å²) in [5.41, 5.74) is 0.312. The van der Waals surface area contributed by atoms with E-state index < -0.39 is 5.97 Å². The van der Waals surface area contributed by atoms with Crippen molar-refractivity contribution in [1.82, 2.24) is 0 Å². The molecule has 0 aliphatic heterocycles. The van der Waals surface area contributed by atoms with Crippen molar-refractivity contribution in [2.24, 2.45) is 5.92 Å². The second kappa shape index (κ2) is 5.89. The summed E-state index contributed by atoms with van der Waals surface area (Å²) in [6.07, 6.45) is 1.71. The lowest BCUT2D eigenvalue weighted by molar-refractivity contribution is -0.117. The number of carboxylic acids is 1. The fourth-order valence-electron chi connectivity index (χ4n) is 2.08. The third kappa shape index (κ3) is 3.25. The summed E-state index contributed by atoms with van der Waals surface area (Å²) in [6, 6.07) is 13.7. The van der Waals surface area contributed by atoms with Crippen molar-refractivity contribution < 1.29 is 19.4 Å². The molecular weight excluding hydrogens is 282 g/mol. The molecule has 0 radical (unpaired) electrons. The molecular formula is C17H15NO4. The van der Waals surface area contributed by atoms with Crippen molar-refractivity contribution in [3.63, 3.8) is 0 Å². The highest BCUT2D eigenvalue weighted by Crippen LogP contribution is 2.32. The molecule has 1 aliphatic carbocycles. The lowest BCUT2D eigenvalue weighted by atomic mass is 10.1. The Hall–Kier alpha value is -2.82. The van der Waals surface area contributed by atoms with Crippen molar-refractivity contribution >= 4 is 17.6 Å². The highest BCUT2D eigenvalue weighted by Gasteiger charge is 2.30. The van der Waals surface area contributed by atoms with Gasteiger partial charge in [0.25, 0.3) is 0 Å². The quantitative estimate of drug-likeness (QED) is 0.885. The minimum Gasteiger partial charge on any atom is -0.478 e. The van der Waals surface area contributed by atoms with Gasteiger partial charge in [0.2, 0.25) is 5.91 Å². The first kappa shape index (κ1) is 14.1. The highest BCUT2D eigenvalue weighted by molar-refractivity contribution is 6.02. The van der Waals surface area contributed by atoms with E-state index in [0.29, 0.717) is 11.5 Å². The van der Waals surface area contributed by atoms with Crippen LogP contribution in [0.25, 0.3) is 0 Å². The Kier molecular flexibility index (Phi) is 3.78. The summed E-state index contributed by atoms with van der Waals surface area (Å²) in [5.74, 6) is -0.107. The first-order valence-corrected chi connectivity index (χ1v) is 7.04. The number of amides is 1. The van der Waals surface area contributed by atoms with Gasteiger partial charge in [0, 0.05) is 12.0 Å². The fourth-order valence-corrected chi connectivity index (χ4v) is 2.08. The van der Waals surface area contributed by atoms with E-state index in [1.165, 1.54) is 12.1 Å². The molecule has 0 atom stereocenters. The monoisotopic (exact) mass is 297 g/mol. The largest absolute Gasteiger partial charge is 0.478 e. The molecule has 2 aromatic rings. The first-order chi connectivity index (χ1) is 10.6. The zero-order valence-corrected chi connectivity index (χ0v) is 11.8. The van der Waals surface area contributed by atoms with Gasteiger partial charge in [-0.15, -0.1) is 0 Å². The van der Waals surface area contributed by atoms with Crippen molar-refractivity contribution in [2.75, 3.05) is 5.32 Å². The van der Waals surface area contributed by atoms with Crippen LogP contribution in [-0.2, 0) is 4.79 Å². The number of ether oxygens (including phenoxy) is 1. The summed E-state index contributed by atoms with van der Waals surface area (Å²) in [6.45, 7) is 0. The number of carboxylic acid groups (broad SMARTS) is 1. The second-order valence-electron chi connectivity index (χ2n) is 5.19. The van der Waals surface area contributed by atoms with E-state index in [1.807, 2.05) is 18.2 Å². The van der Waals surface area contributed by atoms with Gasteiger partial charge in [0.1, 0.15) is 11.5 Å². The molecule has 3 rings (SSSR count). The zero-order valence-electron chi connectivity index (χ0n) is 11.8. The maximum absolute atomic E-state index is 11.9. The Labute approximate surface area is 127 Å². The molecule has 0 unspecified atom stereocenters. The summed E-state index contributed by atoms with van der Waals surface area (Å²) < 4.78 is 5.67. The van der Waals surface area contributed by atoms with Crippen LogP contribution >= 0.6 is 0 Å². The van der Waals surface area contributed by atoms with Crippen LogP contribution in [0.2, 0.25) is 0 Å². The molecule has 0 heterocycles. The zero-order chi connectivity index (χ0) is 15.5. The standard InChI is InChI=1S/C17H15NO4/c19-16(11-6-7-11)18-15-10-13(8-9-14(15)17(20)21)22-12-4-2-1-3-5-12/h1-5,8-11H,6-7H2,(H,18,19)(H,20,21). The molecule has 0 bridgehead atoms. The van der Waals surface area contributed by atoms with Crippen LogP contribution in [0.5, 0.6) is 11.5 Å². The molecule has 0 aromatic heterocycles. The van der Waals surface area contributed by atoms with Crippen LogP contribution in [0.15, 0.2) is 48.5 Å². The molecule has 1 saturated carbocycles. The lowest BCUT2D eigenvalue weighted by Crippen LogP contribution is -2.16. The van der Waals surface area contributed by atoms with E-state index >= 15 is 0 Å². The predicted molar refractivity (Wildman–Crippen MR) is 81.3 cm³/mol. The van der Waals surface area contributed by atoms with Gasteiger partial charge in [0.05, 0.1) is 11.3 Å². The van der Waals surface area contributed by atoms with E-state index in [4.69, 9.17) is 4.74 Å². The average molecular weight is 297 g/mol. The molecule has 0 saturated heterocycles. The summed E-state index contributed by atoms with van der Waals surface area (Å²) in [5, 5.41) is 11.9. The molecule has 22 heavy (non-hydrogen) atoms.